The highest BCUT2D eigenvalue weighted by Crippen LogP contribution is 2.27. The number of carbonyl (C=O) groups excluding carboxylic acids is 1. The van der Waals surface area contributed by atoms with Gasteiger partial charge in [0.25, 0.3) is 0 Å². The van der Waals surface area contributed by atoms with Crippen LogP contribution in [0.15, 0.2) is 54.6 Å². The van der Waals surface area contributed by atoms with Gasteiger partial charge in [-0.1, -0.05) is 60.5 Å². The minimum Gasteiger partial charge on any atom is -0.342 e. The van der Waals surface area contributed by atoms with Gasteiger partial charge in [0.15, 0.2) is 0 Å². The summed E-state index contributed by atoms with van der Waals surface area (Å²) in [5, 5.41) is 0.763. The van der Waals surface area contributed by atoms with E-state index in [1.54, 1.807) is 0 Å². The molecule has 2 aromatic rings. The maximum Gasteiger partial charge on any atom is 0.227 e. The Morgan fingerprint density at radius 1 is 1.04 bits per heavy atom. The Morgan fingerprint density at radius 3 is 2.52 bits per heavy atom. The van der Waals surface area contributed by atoms with Crippen molar-refractivity contribution in [2.24, 2.45) is 0 Å². The summed E-state index contributed by atoms with van der Waals surface area (Å²) in [7, 11) is 0. The van der Waals surface area contributed by atoms with Crippen LogP contribution in [0.2, 0.25) is 5.02 Å². The lowest BCUT2D eigenvalue weighted by Crippen LogP contribution is -2.35. The summed E-state index contributed by atoms with van der Waals surface area (Å²) >= 11 is 5.99. The predicted octanol–water partition coefficient (Wildman–Crippen LogP) is 4.68. The second-order valence-electron chi connectivity index (χ2n) is 6.25. The zero-order valence-corrected chi connectivity index (χ0v) is 14.0. The Kier molecular flexibility index (Phi) is 5.35. The van der Waals surface area contributed by atoms with E-state index in [0.29, 0.717) is 12.3 Å². The third-order valence-electron chi connectivity index (χ3n) is 4.56. The predicted molar refractivity (Wildman–Crippen MR) is 94.8 cm³/mol. The first-order chi connectivity index (χ1) is 11.2. The molecule has 0 N–H and O–H groups in total. The zero-order chi connectivity index (χ0) is 16.1. The fourth-order valence-electron chi connectivity index (χ4n) is 3.26. The highest BCUT2D eigenvalue weighted by molar-refractivity contribution is 6.30. The van der Waals surface area contributed by atoms with Crippen LogP contribution in [0.4, 0.5) is 0 Å². The Morgan fingerprint density at radius 2 is 1.78 bits per heavy atom. The van der Waals surface area contributed by atoms with Crippen molar-refractivity contribution in [3.8, 4) is 0 Å². The topological polar surface area (TPSA) is 20.3 Å². The van der Waals surface area contributed by atoms with Gasteiger partial charge in [-0.3, -0.25) is 4.79 Å². The summed E-state index contributed by atoms with van der Waals surface area (Å²) in [6.45, 7) is 1.68. The van der Waals surface area contributed by atoms with Crippen molar-refractivity contribution in [1.29, 1.82) is 0 Å². The number of rotatable bonds is 3. The monoisotopic (exact) mass is 327 g/mol. The summed E-state index contributed by atoms with van der Waals surface area (Å²) in [5.41, 5.74) is 2.37. The van der Waals surface area contributed by atoms with E-state index < -0.39 is 0 Å². The molecule has 1 atom stereocenters. The van der Waals surface area contributed by atoms with Gasteiger partial charge in [-0.2, -0.15) is 0 Å². The maximum atomic E-state index is 12.7. The van der Waals surface area contributed by atoms with E-state index in [0.717, 1.165) is 36.5 Å². The van der Waals surface area contributed by atoms with Gasteiger partial charge >= 0.3 is 0 Å². The van der Waals surface area contributed by atoms with Crippen molar-refractivity contribution in [3.05, 3.63) is 70.7 Å². The molecule has 120 valence electrons. The molecule has 1 heterocycles. The fraction of sp³-hybridized carbons (Fsp3) is 0.350. The standard InChI is InChI=1S/C20H22ClNO/c21-19-11-9-17(10-12-19)18-8-4-5-13-22(15-18)20(23)14-16-6-2-1-3-7-16/h1-3,6-7,9-12,18H,4-5,8,13-15H2. The van der Waals surface area contributed by atoms with Crippen LogP contribution in [0, 0.1) is 0 Å². The maximum absolute atomic E-state index is 12.7. The number of nitrogens with zero attached hydrogens (tertiary/aromatic N) is 1. The first-order valence-electron chi connectivity index (χ1n) is 8.29. The average molecular weight is 328 g/mol. The molecule has 2 nitrogen and oxygen atoms in total. The van der Waals surface area contributed by atoms with Crippen LogP contribution >= 0.6 is 11.6 Å². The van der Waals surface area contributed by atoms with Crippen molar-refractivity contribution >= 4 is 17.5 Å². The molecule has 3 heteroatoms. The van der Waals surface area contributed by atoms with Gasteiger partial charge < -0.3 is 4.90 Å². The van der Waals surface area contributed by atoms with Crippen LogP contribution in [-0.4, -0.2) is 23.9 Å². The number of hydrogen-bond donors (Lipinski definition) is 0. The molecule has 23 heavy (non-hydrogen) atoms. The van der Waals surface area contributed by atoms with Crippen LogP contribution in [0.1, 0.15) is 36.3 Å². The second kappa shape index (κ2) is 7.65. The second-order valence-corrected chi connectivity index (χ2v) is 6.68. The minimum absolute atomic E-state index is 0.233. The Bertz CT molecular complexity index is 638. The Hall–Kier alpha value is -1.80. The molecule has 3 rings (SSSR count). The van der Waals surface area contributed by atoms with E-state index in [4.69, 9.17) is 11.6 Å². The number of halogens is 1. The molecule has 1 fully saturated rings. The minimum atomic E-state index is 0.233. The van der Waals surface area contributed by atoms with E-state index in [1.807, 2.05) is 47.4 Å². The van der Waals surface area contributed by atoms with Crippen LogP contribution < -0.4 is 0 Å². The van der Waals surface area contributed by atoms with E-state index in [9.17, 15) is 4.79 Å². The molecule has 1 unspecified atom stereocenters. The molecule has 2 aromatic carbocycles. The quantitative estimate of drug-likeness (QED) is 0.801. The molecule has 1 saturated heterocycles. The molecular formula is C20H22ClNO. The first-order valence-corrected chi connectivity index (χ1v) is 8.67. The number of likely N-dealkylation sites (tertiary alicyclic amines) is 1. The number of benzene rings is 2. The summed E-state index contributed by atoms with van der Waals surface area (Å²) in [5.74, 6) is 0.645. The molecule has 0 bridgehead atoms. The summed E-state index contributed by atoms with van der Waals surface area (Å²) < 4.78 is 0. The lowest BCUT2D eigenvalue weighted by atomic mass is 9.94. The van der Waals surface area contributed by atoms with Crippen molar-refractivity contribution in [1.82, 2.24) is 4.90 Å². The van der Waals surface area contributed by atoms with E-state index in [2.05, 4.69) is 12.1 Å². The van der Waals surface area contributed by atoms with Crippen molar-refractivity contribution < 1.29 is 4.79 Å². The molecule has 0 spiro atoms. The van der Waals surface area contributed by atoms with Crippen LogP contribution in [-0.2, 0) is 11.2 Å². The van der Waals surface area contributed by atoms with Crippen LogP contribution in [0.3, 0.4) is 0 Å². The molecule has 1 aliphatic rings. The van der Waals surface area contributed by atoms with Crippen molar-refractivity contribution in [2.75, 3.05) is 13.1 Å². The largest absolute Gasteiger partial charge is 0.342 e. The third-order valence-corrected chi connectivity index (χ3v) is 4.82. The van der Waals surface area contributed by atoms with Gasteiger partial charge in [0.1, 0.15) is 0 Å². The van der Waals surface area contributed by atoms with Gasteiger partial charge in [0.05, 0.1) is 6.42 Å². The van der Waals surface area contributed by atoms with Gasteiger partial charge in [0.2, 0.25) is 5.91 Å². The number of carbonyl (C=O) groups is 1. The average Bonchev–Trinajstić information content (AvgIpc) is 2.83. The summed E-state index contributed by atoms with van der Waals surface area (Å²) in [4.78, 5) is 14.7. The van der Waals surface area contributed by atoms with Gasteiger partial charge in [-0.05, 0) is 36.1 Å². The SMILES string of the molecule is O=C(Cc1ccccc1)N1CCCCC(c2ccc(Cl)cc2)C1. The van der Waals surface area contributed by atoms with Gasteiger partial charge in [0, 0.05) is 24.0 Å². The normalized spacial score (nSPS) is 18.5. The number of amides is 1. The van der Waals surface area contributed by atoms with Crippen molar-refractivity contribution in [3.63, 3.8) is 0 Å². The lowest BCUT2D eigenvalue weighted by Gasteiger charge is -2.25. The molecule has 0 radical (unpaired) electrons. The highest BCUT2D eigenvalue weighted by Gasteiger charge is 2.23. The zero-order valence-electron chi connectivity index (χ0n) is 13.2. The van der Waals surface area contributed by atoms with Gasteiger partial charge in [-0.15, -0.1) is 0 Å². The lowest BCUT2D eigenvalue weighted by molar-refractivity contribution is -0.130. The molecule has 1 aliphatic heterocycles. The van der Waals surface area contributed by atoms with Crippen LogP contribution in [0.5, 0.6) is 0 Å². The number of hydrogen-bond acceptors (Lipinski definition) is 1. The van der Waals surface area contributed by atoms with E-state index >= 15 is 0 Å². The Labute approximate surface area is 143 Å². The first kappa shape index (κ1) is 16.1. The smallest absolute Gasteiger partial charge is 0.227 e. The molecule has 1 amide bonds. The third kappa shape index (κ3) is 4.35. The molecule has 0 saturated carbocycles. The highest BCUT2D eigenvalue weighted by atomic mass is 35.5. The van der Waals surface area contributed by atoms with Crippen molar-refractivity contribution in [2.45, 2.75) is 31.6 Å². The van der Waals surface area contributed by atoms with E-state index in [-0.39, 0.29) is 5.91 Å². The fourth-order valence-corrected chi connectivity index (χ4v) is 3.38. The van der Waals surface area contributed by atoms with Gasteiger partial charge in [-0.25, -0.2) is 0 Å². The molecule has 0 aliphatic carbocycles. The van der Waals surface area contributed by atoms with E-state index in [1.165, 1.54) is 12.0 Å². The summed E-state index contributed by atoms with van der Waals surface area (Å²) in [6.07, 6.45) is 3.89. The molecular weight excluding hydrogens is 306 g/mol. The molecule has 0 aromatic heterocycles. The Balaban J connectivity index is 1.69. The summed E-state index contributed by atoms with van der Waals surface area (Å²) in [6, 6.07) is 18.1. The van der Waals surface area contributed by atoms with Crippen LogP contribution in [0.25, 0.3) is 0 Å².